The van der Waals surface area contributed by atoms with E-state index in [1.54, 1.807) is 0 Å². The molecule has 0 aromatic carbocycles. The highest BCUT2D eigenvalue weighted by atomic mass is 16.7. The van der Waals surface area contributed by atoms with Crippen LogP contribution in [0.25, 0.3) is 0 Å². The summed E-state index contributed by atoms with van der Waals surface area (Å²) in [7, 11) is 0. The first-order valence-electron chi connectivity index (χ1n) is 8.13. The Morgan fingerprint density at radius 2 is 1.76 bits per heavy atom. The number of hydrogen-bond acceptors (Lipinski definition) is 4. The summed E-state index contributed by atoms with van der Waals surface area (Å²) in [5.74, 6) is 0. The van der Waals surface area contributed by atoms with Gasteiger partial charge in [0, 0.05) is 11.3 Å². The van der Waals surface area contributed by atoms with Crippen LogP contribution in [0.2, 0.25) is 0 Å². The van der Waals surface area contributed by atoms with Crippen LogP contribution in [0.1, 0.15) is 64.7 Å². The normalized spacial score (nSPS) is 25.7. The molecular formula is C16H29NO4. The third-order valence-corrected chi connectivity index (χ3v) is 4.22. The third kappa shape index (κ3) is 6.14. The van der Waals surface area contributed by atoms with Gasteiger partial charge < -0.3 is 9.47 Å². The number of rotatable bonds is 11. The number of hydrogen-bond donors (Lipinski definition) is 0. The lowest BCUT2D eigenvalue weighted by molar-refractivity contribution is -0.592. The molecule has 0 spiro atoms. The van der Waals surface area contributed by atoms with Crippen molar-refractivity contribution in [3.8, 4) is 0 Å². The Kier molecular flexibility index (Phi) is 8.54. The summed E-state index contributed by atoms with van der Waals surface area (Å²) >= 11 is 0. The Labute approximate surface area is 127 Å². The van der Waals surface area contributed by atoms with E-state index in [4.69, 9.17) is 9.47 Å². The molecule has 0 radical (unpaired) electrons. The van der Waals surface area contributed by atoms with E-state index in [0.29, 0.717) is 6.42 Å². The van der Waals surface area contributed by atoms with Gasteiger partial charge >= 0.3 is 0 Å². The lowest BCUT2D eigenvalue weighted by Gasteiger charge is -2.32. The first kappa shape index (κ1) is 18.1. The summed E-state index contributed by atoms with van der Waals surface area (Å²) in [5, 5.41) is 11.1. The van der Waals surface area contributed by atoms with Crippen molar-refractivity contribution in [3.05, 3.63) is 22.8 Å². The Morgan fingerprint density at radius 1 is 1.19 bits per heavy atom. The molecular weight excluding hydrogens is 270 g/mol. The summed E-state index contributed by atoms with van der Waals surface area (Å²) in [6, 6.07) is 0. The van der Waals surface area contributed by atoms with Crippen molar-refractivity contribution < 1.29 is 14.4 Å². The van der Waals surface area contributed by atoms with Crippen molar-refractivity contribution >= 4 is 0 Å². The topological polar surface area (TPSA) is 61.6 Å². The summed E-state index contributed by atoms with van der Waals surface area (Å²) in [5.41, 5.74) is -1.04. The molecule has 5 heteroatoms. The Hall–Kier alpha value is -0.940. The van der Waals surface area contributed by atoms with E-state index in [2.05, 4.69) is 6.58 Å². The second kappa shape index (κ2) is 9.90. The molecule has 0 amide bonds. The van der Waals surface area contributed by atoms with Crippen molar-refractivity contribution in [1.29, 1.82) is 0 Å². The maximum absolute atomic E-state index is 11.1. The van der Waals surface area contributed by atoms with Crippen LogP contribution in [-0.2, 0) is 9.47 Å². The predicted molar refractivity (Wildman–Crippen MR) is 82.8 cm³/mol. The molecule has 0 aliphatic carbocycles. The minimum Gasteiger partial charge on any atom is -0.345 e. The van der Waals surface area contributed by atoms with Crippen molar-refractivity contribution in [3.63, 3.8) is 0 Å². The van der Waals surface area contributed by atoms with Gasteiger partial charge in [0.1, 0.15) is 13.2 Å². The van der Waals surface area contributed by atoms with E-state index < -0.39 is 5.54 Å². The molecule has 5 nitrogen and oxygen atoms in total. The molecule has 21 heavy (non-hydrogen) atoms. The molecule has 1 aliphatic rings. The van der Waals surface area contributed by atoms with Gasteiger partial charge in [-0.3, -0.25) is 10.1 Å². The van der Waals surface area contributed by atoms with Gasteiger partial charge in [0.2, 0.25) is 0 Å². The summed E-state index contributed by atoms with van der Waals surface area (Å²) in [6.45, 7) is 5.86. The molecule has 0 aromatic heterocycles. The van der Waals surface area contributed by atoms with Gasteiger partial charge in [-0.05, 0) is 25.7 Å². The van der Waals surface area contributed by atoms with Crippen molar-refractivity contribution in [1.82, 2.24) is 0 Å². The SMILES string of the molecule is C=CCCCCCCCCC1OCC(CC)([N+](=O)[O-])CO1. The van der Waals surface area contributed by atoms with E-state index >= 15 is 0 Å². The first-order chi connectivity index (χ1) is 10.1. The Morgan fingerprint density at radius 3 is 2.29 bits per heavy atom. The lowest BCUT2D eigenvalue weighted by Crippen LogP contribution is -2.52. The molecule has 0 unspecified atom stereocenters. The molecule has 0 atom stereocenters. The predicted octanol–water partition coefficient (Wildman–Crippen LogP) is 4.09. The molecule has 0 N–H and O–H groups in total. The number of allylic oxidation sites excluding steroid dienone is 1. The number of ether oxygens (including phenoxy) is 2. The van der Waals surface area contributed by atoms with Gasteiger partial charge in [-0.15, -0.1) is 6.58 Å². The van der Waals surface area contributed by atoms with Crippen LogP contribution in [0.5, 0.6) is 0 Å². The van der Waals surface area contributed by atoms with Crippen molar-refractivity contribution in [2.24, 2.45) is 0 Å². The first-order valence-corrected chi connectivity index (χ1v) is 8.13. The lowest BCUT2D eigenvalue weighted by atomic mass is 9.98. The van der Waals surface area contributed by atoms with Gasteiger partial charge in [-0.2, -0.15) is 0 Å². The molecule has 1 fully saturated rings. The van der Waals surface area contributed by atoms with Crippen LogP contribution in [0.4, 0.5) is 0 Å². The minimum atomic E-state index is -1.04. The fraction of sp³-hybridized carbons (Fsp3) is 0.875. The highest BCUT2D eigenvalue weighted by Gasteiger charge is 2.46. The van der Waals surface area contributed by atoms with Crippen LogP contribution in [0, 0.1) is 10.1 Å². The van der Waals surface area contributed by atoms with Crippen LogP contribution in [-0.4, -0.2) is 30.0 Å². The maximum atomic E-state index is 11.1. The average Bonchev–Trinajstić information content (AvgIpc) is 2.50. The number of nitro groups is 1. The molecule has 0 saturated carbocycles. The Bertz CT molecular complexity index is 311. The van der Waals surface area contributed by atoms with E-state index in [1.165, 1.54) is 32.1 Å². The Balaban J connectivity index is 2.05. The van der Waals surface area contributed by atoms with E-state index in [1.807, 2.05) is 13.0 Å². The monoisotopic (exact) mass is 299 g/mol. The van der Waals surface area contributed by atoms with Gasteiger partial charge in [0.05, 0.1) is 0 Å². The molecule has 1 rings (SSSR count). The molecule has 0 bridgehead atoms. The van der Waals surface area contributed by atoms with Gasteiger partial charge in [0.15, 0.2) is 6.29 Å². The average molecular weight is 299 g/mol. The fourth-order valence-corrected chi connectivity index (χ4v) is 2.50. The highest BCUT2D eigenvalue weighted by Crippen LogP contribution is 2.25. The largest absolute Gasteiger partial charge is 0.345 e. The number of unbranched alkanes of at least 4 members (excludes halogenated alkanes) is 6. The van der Waals surface area contributed by atoms with E-state index in [-0.39, 0.29) is 24.4 Å². The summed E-state index contributed by atoms with van der Waals surface area (Å²) in [4.78, 5) is 10.8. The molecule has 1 aliphatic heterocycles. The molecule has 1 saturated heterocycles. The van der Waals surface area contributed by atoms with Crippen LogP contribution >= 0.6 is 0 Å². The van der Waals surface area contributed by atoms with Gasteiger partial charge in [-0.25, -0.2) is 0 Å². The van der Waals surface area contributed by atoms with Gasteiger partial charge in [-0.1, -0.05) is 38.7 Å². The van der Waals surface area contributed by atoms with Crippen molar-refractivity contribution in [2.45, 2.75) is 76.5 Å². The maximum Gasteiger partial charge on any atom is 0.267 e. The summed E-state index contributed by atoms with van der Waals surface area (Å²) < 4.78 is 11.1. The minimum absolute atomic E-state index is 0.169. The fourth-order valence-electron chi connectivity index (χ4n) is 2.50. The van der Waals surface area contributed by atoms with E-state index in [0.717, 1.165) is 19.3 Å². The smallest absolute Gasteiger partial charge is 0.267 e. The van der Waals surface area contributed by atoms with Crippen LogP contribution in [0.3, 0.4) is 0 Å². The second-order valence-corrected chi connectivity index (χ2v) is 5.87. The summed E-state index contributed by atoms with van der Waals surface area (Å²) in [6.07, 6.45) is 11.3. The number of nitrogens with zero attached hydrogens (tertiary/aromatic N) is 1. The van der Waals surface area contributed by atoms with Gasteiger partial charge in [0.25, 0.3) is 5.54 Å². The zero-order valence-corrected chi connectivity index (χ0v) is 13.2. The van der Waals surface area contributed by atoms with E-state index in [9.17, 15) is 10.1 Å². The highest BCUT2D eigenvalue weighted by molar-refractivity contribution is 4.80. The zero-order chi connectivity index (χ0) is 15.6. The molecule has 122 valence electrons. The van der Waals surface area contributed by atoms with Crippen LogP contribution in [0.15, 0.2) is 12.7 Å². The quantitative estimate of drug-likeness (QED) is 0.249. The van der Waals surface area contributed by atoms with Crippen molar-refractivity contribution in [2.75, 3.05) is 13.2 Å². The standard InChI is InChI=1S/C16H29NO4/c1-3-5-6-7-8-9-10-11-12-15-20-13-16(4-2,14-21-15)17(18)19/h3,15H,1,4-14H2,2H3. The third-order valence-electron chi connectivity index (χ3n) is 4.22. The zero-order valence-electron chi connectivity index (χ0n) is 13.2. The molecule has 1 heterocycles. The van der Waals surface area contributed by atoms with Crippen LogP contribution < -0.4 is 0 Å². The second-order valence-electron chi connectivity index (χ2n) is 5.87. The molecule has 0 aromatic rings.